The smallest absolute Gasteiger partial charge is 0.414 e. The topological polar surface area (TPSA) is 117 Å². The van der Waals surface area contributed by atoms with Crippen LogP contribution in [0.2, 0.25) is 0 Å². The normalized spacial score (nSPS) is 11.6. The molecule has 0 unspecified atom stereocenters. The maximum absolute atomic E-state index is 13.9. The van der Waals surface area contributed by atoms with Crippen molar-refractivity contribution in [2.75, 3.05) is 25.6 Å². The van der Waals surface area contributed by atoms with Gasteiger partial charge >= 0.3 is 12.1 Å². The van der Waals surface area contributed by atoms with Crippen molar-refractivity contribution < 1.29 is 32.7 Å². The van der Waals surface area contributed by atoms with Crippen LogP contribution in [0.15, 0.2) is 57.5 Å². The maximum Gasteiger partial charge on any atom is 0.414 e. The van der Waals surface area contributed by atoms with Gasteiger partial charge in [-0.25, -0.2) is 18.4 Å². The second kappa shape index (κ2) is 14.4. The molecule has 0 spiro atoms. The molecule has 9 nitrogen and oxygen atoms in total. The van der Waals surface area contributed by atoms with Gasteiger partial charge in [-0.1, -0.05) is 58.2 Å². The Morgan fingerprint density at radius 2 is 1.92 bits per heavy atom. The van der Waals surface area contributed by atoms with E-state index in [2.05, 4.69) is 31.7 Å². The fourth-order valence-electron chi connectivity index (χ4n) is 3.60. The number of nitrogens with one attached hydrogen (secondary N) is 2. The molecule has 0 bridgehead atoms. The summed E-state index contributed by atoms with van der Waals surface area (Å²) in [5.41, 5.74) is 1.34. The summed E-state index contributed by atoms with van der Waals surface area (Å²) >= 11 is 3.37. The minimum Gasteiger partial charge on any atom is -0.447 e. The van der Waals surface area contributed by atoms with E-state index in [0.29, 0.717) is 25.0 Å². The van der Waals surface area contributed by atoms with Gasteiger partial charge in [-0.3, -0.25) is 5.32 Å². The fourth-order valence-corrected chi connectivity index (χ4v) is 3.87. The van der Waals surface area contributed by atoms with Crippen molar-refractivity contribution in [2.45, 2.75) is 38.3 Å². The predicted molar refractivity (Wildman–Crippen MR) is 140 cm³/mol. The van der Waals surface area contributed by atoms with E-state index in [1.54, 1.807) is 6.07 Å². The van der Waals surface area contributed by atoms with Crippen LogP contribution in [-0.4, -0.2) is 53.6 Å². The molecular weight excluding hydrogens is 566 g/mol. The number of aliphatic hydroxyl groups excluding tert-OH is 1. The zero-order valence-electron chi connectivity index (χ0n) is 20.8. The lowest BCUT2D eigenvalue weighted by Crippen LogP contribution is -2.46. The first-order chi connectivity index (χ1) is 18.3. The minimum atomic E-state index is -1.02. The summed E-state index contributed by atoms with van der Waals surface area (Å²) in [5.74, 6) is -1.93. The number of urea groups is 1. The zero-order valence-corrected chi connectivity index (χ0v) is 22.3. The standard InChI is InChI=1S/C26H29BrF2N4O5/c1-33(25(35)30-15-18-6-5-8-21(28)24(18)29)20(7-3-2-4-13-34)16-37-26(36)31-23-14-22(32-38-23)17-9-11-19(27)12-10-17/h5-6,8-12,14,20,34H,2-4,7,13,15-16H2,1H3,(H,30,35)(H,31,36)/t20-/m0/s1. The zero-order chi connectivity index (χ0) is 27.5. The molecule has 3 aromatic rings. The van der Waals surface area contributed by atoms with Crippen molar-refractivity contribution in [1.29, 1.82) is 0 Å². The molecule has 3 rings (SSSR count). The van der Waals surface area contributed by atoms with E-state index < -0.39 is 29.8 Å². The number of unbranched alkanes of at least 4 members (excludes halogenated alkanes) is 2. The van der Waals surface area contributed by atoms with Crippen LogP contribution in [0.5, 0.6) is 0 Å². The van der Waals surface area contributed by atoms with E-state index in [1.165, 1.54) is 24.1 Å². The SMILES string of the molecule is CN(C(=O)NCc1cccc(F)c1F)[C@@H](CCCCCO)COC(=O)Nc1cc(-c2ccc(Br)cc2)no1. The van der Waals surface area contributed by atoms with Crippen LogP contribution in [0.4, 0.5) is 24.3 Å². The number of nitrogens with zero attached hydrogens (tertiary/aromatic N) is 2. The van der Waals surface area contributed by atoms with Gasteiger partial charge in [0.05, 0.1) is 6.04 Å². The van der Waals surface area contributed by atoms with Gasteiger partial charge < -0.3 is 24.6 Å². The monoisotopic (exact) mass is 594 g/mol. The molecule has 3 N–H and O–H groups in total. The molecule has 1 heterocycles. The molecule has 0 fully saturated rings. The van der Waals surface area contributed by atoms with Gasteiger partial charge in [-0.2, -0.15) is 0 Å². The number of hydrogen-bond acceptors (Lipinski definition) is 6. The number of carbonyl (C=O) groups excluding carboxylic acids is 2. The Balaban J connectivity index is 1.56. The highest BCUT2D eigenvalue weighted by molar-refractivity contribution is 9.10. The second-order valence-corrected chi connectivity index (χ2v) is 9.43. The minimum absolute atomic E-state index is 0.0106. The Morgan fingerprint density at radius 3 is 2.66 bits per heavy atom. The lowest BCUT2D eigenvalue weighted by Gasteiger charge is -2.28. The Bertz CT molecular complexity index is 1210. The first-order valence-corrected chi connectivity index (χ1v) is 12.8. The molecule has 0 aliphatic rings. The number of halogens is 3. The van der Waals surface area contributed by atoms with E-state index in [4.69, 9.17) is 14.4 Å². The van der Waals surface area contributed by atoms with Crippen molar-refractivity contribution in [2.24, 2.45) is 0 Å². The molecule has 3 amide bonds. The lowest BCUT2D eigenvalue weighted by molar-refractivity contribution is 0.112. The third kappa shape index (κ3) is 8.52. The summed E-state index contributed by atoms with van der Waals surface area (Å²) < 4.78 is 38.8. The van der Waals surface area contributed by atoms with Crippen molar-refractivity contribution in [1.82, 2.24) is 15.4 Å². The van der Waals surface area contributed by atoms with Crippen molar-refractivity contribution >= 4 is 33.9 Å². The summed E-state index contributed by atoms with van der Waals surface area (Å²) in [7, 11) is 1.52. The summed E-state index contributed by atoms with van der Waals surface area (Å²) in [6.45, 7) is -0.285. The Hall–Kier alpha value is -3.51. The summed E-state index contributed by atoms with van der Waals surface area (Å²) in [4.78, 5) is 26.5. The molecule has 38 heavy (non-hydrogen) atoms. The van der Waals surface area contributed by atoms with Crippen LogP contribution in [0.1, 0.15) is 31.2 Å². The first kappa shape index (κ1) is 29.1. The number of ether oxygens (including phenoxy) is 1. The Morgan fingerprint density at radius 1 is 1.16 bits per heavy atom. The van der Waals surface area contributed by atoms with Crippen molar-refractivity contribution in [3.8, 4) is 11.3 Å². The predicted octanol–water partition coefficient (Wildman–Crippen LogP) is 5.69. The quantitative estimate of drug-likeness (QED) is 0.232. The van der Waals surface area contributed by atoms with E-state index >= 15 is 0 Å². The number of aliphatic hydroxyl groups is 1. The molecule has 0 radical (unpaired) electrons. The van der Waals surface area contributed by atoms with Crippen LogP contribution in [0.3, 0.4) is 0 Å². The van der Waals surface area contributed by atoms with Crippen LogP contribution >= 0.6 is 15.9 Å². The highest BCUT2D eigenvalue weighted by Crippen LogP contribution is 2.23. The van der Waals surface area contributed by atoms with Gasteiger partial charge in [0, 0.05) is 41.9 Å². The van der Waals surface area contributed by atoms with E-state index in [-0.39, 0.29) is 31.2 Å². The van der Waals surface area contributed by atoms with E-state index in [9.17, 15) is 18.4 Å². The number of carbonyl (C=O) groups is 2. The lowest BCUT2D eigenvalue weighted by atomic mass is 10.1. The summed E-state index contributed by atoms with van der Waals surface area (Å²) in [5, 5.41) is 18.0. The van der Waals surface area contributed by atoms with E-state index in [1.807, 2.05) is 24.3 Å². The fraction of sp³-hybridized carbons (Fsp3) is 0.346. The average Bonchev–Trinajstić information content (AvgIpc) is 3.37. The van der Waals surface area contributed by atoms with Gasteiger partial charge in [-0.05, 0) is 31.0 Å². The Labute approximate surface area is 227 Å². The third-order valence-corrected chi connectivity index (χ3v) is 6.34. The molecular formula is C26H29BrF2N4O5. The van der Waals surface area contributed by atoms with Crippen LogP contribution in [0, 0.1) is 11.6 Å². The molecule has 1 atom stereocenters. The van der Waals surface area contributed by atoms with Crippen molar-refractivity contribution in [3.63, 3.8) is 0 Å². The van der Waals surface area contributed by atoms with Crippen molar-refractivity contribution in [3.05, 3.63) is 70.2 Å². The molecule has 12 heteroatoms. The molecule has 0 saturated heterocycles. The number of anilines is 1. The second-order valence-electron chi connectivity index (χ2n) is 8.52. The number of aromatic nitrogens is 1. The van der Waals surface area contributed by atoms with Crippen LogP contribution in [-0.2, 0) is 11.3 Å². The number of hydrogen-bond donors (Lipinski definition) is 3. The number of benzene rings is 2. The van der Waals surface area contributed by atoms with Gasteiger partial charge in [0.1, 0.15) is 12.3 Å². The molecule has 0 aliphatic carbocycles. The summed E-state index contributed by atoms with van der Waals surface area (Å²) in [6.07, 6.45) is 1.70. The van der Waals surface area contributed by atoms with E-state index in [0.717, 1.165) is 22.5 Å². The molecule has 0 saturated carbocycles. The molecule has 1 aromatic heterocycles. The third-order valence-electron chi connectivity index (χ3n) is 5.81. The number of likely N-dealkylation sites (N-methyl/N-ethyl adjacent to an activating group) is 1. The average molecular weight is 595 g/mol. The summed E-state index contributed by atoms with van der Waals surface area (Å²) in [6, 6.07) is 11.6. The van der Waals surface area contributed by atoms with Gasteiger partial charge in [0.25, 0.3) is 0 Å². The molecule has 0 aliphatic heterocycles. The van der Waals surface area contributed by atoms with Gasteiger partial charge in [-0.15, -0.1) is 0 Å². The molecule has 2 aromatic carbocycles. The first-order valence-electron chi connectivity index (χ1n) is 12.0. The highest BCUT2D eigenvalue weighted by Gasteiger charge is 2.22. The highest BCUT2D eigenvalue weighted by atomic mass is 79.9. The largest absolute Gasteiger partial charge is 0.447 e. The van der Waals surface area contributed by atoms with Crippen LogP contribution in [0.25, 0.3) is 11.3 Å². The van der Waals surface area contributed by atoms with Gasteiger partial charge in [0.2, 0.25) is 5.88 Å². The number of rotatable bonds is 12. The van der Waals surface area contributed by atoms with Gasteiger partial charge in [0.15, 0.2) is 11.6 Å². The van der Waals surface area contributed by atoms with Crippen LogP contribution < -0.4 is 10.6 Å². The molecule has 204 valence electrons. The maximum atomic E-state index is 13.9. The number of amides is 3. The Kier molecular flexibility index (Phi) is 11.0.